The molecule has 0 radical (unpaired) electrons. The first-order chi connectivity index (χ1) is 12.7. The van der Waals surface area contributed by atoms with Crippen LogP contribution in [0, 0.1) is 5.41 Å². The molecule has 7 heteroatoms. The van der Waals surface area contributed by atoms with E-state index in [4.69, 9.17) is 4.99 Å². The number of nitrogens with zero attached hydrogens (tertiary/aromatic N) is 1. The van der Waals surface area contributed by atoms with E-state index in [0.717, 1.165) is 57.7 Å². The highest BCUT2D eigenvalue weighted by atomic mass is 127. The molecule has 0 aromatic heterocycles. The lowest BCUT2D eigenvalue weighted by molar-refractivity contribution is -0.140. The van der Waals surface area contributed by atoms with Gasteiger partial charge in [0.25, 0.3) is 0 Å². The van der Waals surface area contributed by atoms with Crippen molar-refractivity contribution in [3.05, 3.63) is 0 Å². The molecule has 0 atom stereocenters. The number of rotatable bonds is 12. The number of carbonyl (C=O) groups excluding carboxylic acids is 1. The predicted octanol–water partition coefficient (Wildman–Crippen LogP) is 3.62. The Hall–Kier alpha value is -0.570. The van der Waals surface area contributed by atoms with Crippen molar-refractivity contribution in [3.63, 3.8) is 0 Å². The third-order valence-electron chi connectivity index (χ3n) is 5.30. The molecule has 6 nitrogen and oxygen atoms in total. The van der Waals surface area contributed by atoms with Crippen molar-refractivity contribution < 1.29 is 14.6 Å². The molecule has 0 spiro atoms. The molecule has 1 aliphatic rings. The van der Waals surface area contributed by atoms with Crippen LogP contribution in [0.4, 0.5) is 0 Å². The molecule has 160 valence electrons. The number of guanidine groups is 1. The second-order valence-corrected chi connectivity index (χ2v) is 7.40. The van der Waals surface area contributed by atoms with Gasteiger partial charge in [0, 0.05) is 32.7 Å². The lowest BCUT2D eigenvalue weighted by Gasteiger charge is -2.35. The summed E-state index contributed by atoms with van der Waals surface area (Å²) in [6.45, 7) is 4.86. The summed E-state index contributed by atoms with van der Waals surface area (Å²) in [5.74, 6) is 0.758. The average molecular weight is 497 g/mol. The summed E-state index contributed by atoms with van der Waals surface area (Å²) in [5.41, 5.74) is 0.184. The molecule has 1 aliphatic carbocycles. The Kier molecular flexibility index (Phi) is 16.0. The fraction of sp³-hybridized carbons (Fsp3) is 0.900. The number of carbonyl (C=O) groups is 1. The fourth-order valence-electron chi connectivity index (χ4n) is 3.67. The van der Waals surface area contributed by atoms with Crippen LogP contribution in [-0.4, -0.2) is 50.4 Å². The Bertz CT molecular complexity index is 408. The van der Waals surface area contributed by atoms with Gasteiger partial charge in [-0.3, -0.25) is 9.79 Å². The number of aliphatic hydroxyl groups is 1. The summed E-state index contributed by atoms with van der Waals surface area (Å²) >= 11 is 0. The van der Waals surface area contributed by atoms with Crippen LogP contribution in [0.1, 0.15) is 77.6 Å². The lowest BCUT2D eigenvalue weighted by atomic mass is 9.72. The van der Waals surface area contributed by atoms with E-state index in [1.54, 1.807) is 0 Å². The molecule has 0 aromatic rings. The number of unbranched alkanes of at least 4 members (excludes halogenated alkanes) is 3. The van der Waals surface area contributed by atoms with E-state index in [1.165, 1.54) is 39.2 Å². The van der Waals surface area contributed by atoms with E-state index in [0.29, 0.717) is 6.42 Å². The second kappa shape index (κ2) is 16.4. The summed E-state index contributed by atoms with van der Waals surface area (Å²) in [4.78, 5) is 15.9. The van der Waals surface area contributed by atoms with Gasteiger partial charge in [-0.2, -0.15) is 0 Å². The Balaban J connectivity index is 0.00000676. The van der Waals surface area contributed by atoms with E-state index >= 15 is 0 Å². The van der Waals surface area contributed by atoms with Gasteiger partial charge in [-0.1, -0.05) is 32.1 Å². The van der Waals surface area contributed by atoms with Gasteiger partial charge in [0.05, 0.1) is 7.11 Å². The molecule has 0 amide bonds. The van der Waals surface area contributed by atoms with Crippen LogP contribution in [-0.2, 0) is 9.53 Å². The molecule has 1 saturated carbocycles. The molecule has 3 N–H and O–H groups in total. The van der Waals surface area contributed by atoms with Crippen molar-refractivity contribution in [2.75, 3.05) is 33.4 Å². The second-order valence-electron chi connectivity index (χ2n) is 7.40. The summed E-state index contributed by atoms with van der Waals surface area (Å²) in [6.07, 6.45) is 11.6. The normalized spacial score (nSPS) is 16.3. The topological polar surface area (TPSA) is 83.0 Å². The van der Waals surface area contributed by atoms with Crippen molar-refractivity contribution in [2.24, 2.45) is 10.4 Å². The van der Waals surface area contributed by atoms with Crippen LogP contribution in [0.25, 0.3) is 0 Å². The molecule has 1 rings (SSSR count). The largest absolute Gasteiger partial charge is 0.469 e. The minimum absolute atomic E-state index is 0. The molecule has 0 bridgehead atoms. The standard InChI is InChI=1S/C20H39N3O3.HI/c1-3-21-19(22-15-10-5-4-7-11-18(25)26-2)23-17-20(14-16-24)12-8-6-9-13-20;/h24H,3-17H2,1-2H3,(H2,21,22,23);1H. The third kappa shape index (κ3) is 11.8. The SMILES string of the molecule is CCNC(=NCC1(CCO)CCCCC1)NCCCCCCC(=O)OC.I. The number of ether oxygens (including phenoxy) is 1. The minimum atomic E-state index is -0.121. The third-order valence-corrected chi connectivity index (χ3v) is 5.30. The van der Waals surface area contributed by atoms with Crippen molar-refractivity contribution in [1.29, 1.82) is 0 Å². The van der Waals surface area contributed by atoms with E-state index in [-0.39, 0.29) is 42.0 Å². The van der Waals surface area contributed by atoms with E-state index in [9.17, 15) is 9.90 Å². The average Bonchev–Trinajstić information content (AvgIpc) is 2.66. The van der Waals surface area contributed by atoms with Gasteiger partial charge in [0.1, 0.15) is 0 Å². The van der Waals surface area contributed by atoms with E-state index in [1.807, 2.05) is 0 Å². The number of aliphatic hydroxyl groups excluding tert-OH is 1. The zero-order valence-corrected chi connectivity index (χ0v) is 19.6. The van der Waals surface area contributed by atoms with Crippen LogP contribution in [0.5, 0.6) is 0 Å². The summed E-state index contributed by atoms with van der Waals surface area (Å²) in [5, 5.41) is 16.2. The number of esters is 1. The van der Waals surface area contributed by atoms with Gasteiger partial charge < -0.3 is 20.5 Å². The number of nitrogens with one attached hydrogen (secondary N) is 2. The molecule has 0 aliphatic heterocycles. The van der Waals surface area contributed by atoms with Gasteiger partial charge >= 0.3 is 5.97 Å². The van der Waals surface area contributed by atoms with E-state index in [2.05, 4.69) is 22.3 Å². The molecular weight excluding hydrogens is 457 g/mol. The highest BCUT2D eigenvalue weighted by molar-refractivity contribution is 14.0. The first-order valence-electron chi connectivity index (χ1n) is 10.4. The maximum absolute atomic E-state index is 11.1. The maximum Gasteiger partial charge on any atom is 0.305 e. The number of aliphatic imine (C=N–C) groups is 1. The fourth-order valence-corrected chi connectivity index (χ4v) is 3.67. The van der Waals surface area contributed by atoms with Crippen LogP contribution >= 0.6 is 24.0 Å². The van der Waals surface area contributed by atoms with Crippen molar-refractivity contribution in [2.45, 2.75) is 77.6 Å². The Morgan fingerprint density at radius 1 is 1.11 bits per heavy atom. The van der Waals surface area contributed by atoms with Crippen LogP contribution in [0.2, 0.25) is 0 Å². The smallest absolute Gasteiger partial charge is 0.305 e. The monoisotopic (exact) mass is 497 g/mol. The highest BCUT2D eigenvalue weighted by Crippen LogP contribution is 2.39. The molecule has 0 heterocycles. The molecule has 0 unspecified atom stereocenters. The van der Waals surface area contributed by atoms with Crippen LogP contribution in [0.3, 0.4) is 0 Å². The van der Waals surface area contributed by atoms with Crippen molar-refractivity contribution in [3.8, 4) is 0 Å². The van der Waals surface area contributed by atoms with Crippen molar-refractivity contribution >= 4 is 35.9 Å². The Labute approximate surface area is 182 Å². The number of methoxy groups -OCH3 is 1. The zero-order valence-electron chi connectivity index (χ0n) is 17.2. The Morgan fingerprint density at radius 2 is 1.81 bits per heavy atom. The first kappa shape index (κ1) is 26.4. The number of halogens is 1. The van der Waals surface area contributed by atoms with Gasteiger partial charge in [-0.05, 0) is 44.4 Å². The number of hydrogen-bond acceptors (Lipinski definition) is 4. The van der Waals surface area contributed by atoms with Gasteiger partial charge in [-0.25, -0.2) is 0 Å². The molecular formula is C20H40IN3O3. The van der Waals surface area contributed by atoms with E-state index < -0.39 is 0 Å². The predicted molar refractivity (Wildman–Crippen MR) is 122 cm³/mol. The molecule has 27 heavy (non-hydrogen) atoms. The van der Waals surface area contributed by atoms with Gasteiger partial charge in [0.15, 0.2) is 5.96 Å². The first-order valence-corrected chi connectivity index (χ1v) is 10.4. The molecule has 1 fully saturated rings. The van der Waals surface area contributed by atoms with Gasteiger partial charge in [-0.15, -0.1) is 24.0 Å². The maximum atomic E-state index is 11.1. The lowest BCUT2D eigenvalue weighted by Crippen LogP contribution is -2.39. The molecule has 0 aromatic carbocycles. The summed E-state index contributed by atoms with van der Waals surface area (Å²) in [6, 6.07) is 0. The number of hydrogen-bond donors (Lipinski definition) is 3. The summed E-state index contributed by atoms with van der Waals surface area (Å²) in [7, 11) is 1.44. The quantitative estimate of drug-likeness (QED) is 0.126. The molecule has 0 saturated heterocycles. The van der Waals surface area contributed by atoms with Crippen LogP contribution in [0.15, 0.2) is 4.99 Å². The van der Waals surface area contributed by atoms with Gasteiger partial charge in [0.2, 0.25) is 0 Å². The van der Waals surface area contributed by atoms with Crippen molar-refractivity contribution in [1.82, 2.24) is 10.6 Å². The zero-order chi connectivity index (χ0) is 19.1. The summed E-state index contributed by atoms with van der Waals surface area (Å²) < 4.78 is 4.65. The Morgan fingerprint density at radius 3 is 2.44 bits per heavy atom. The van der Waals surface area contributed by atoms with Crippen LogP contribution < -0.4 is 10.6 Å². The minimum Gasteiger partial charge on any atom is -0.469 e. The highest BCUT2D eigenvalue weighted by Gasteiger charge is 2.31.